The van der Waals surface area contributed by atoms with Gasteiger partial charge in [0.05, 0.1) is 18.7 Å². The second kappa shape index (κ2) is 9.32. The van der Waals surface area contributed by atoms with E-state index in [0.29, 0.717) is 60.4 Å². The molecule has 5 rings (SSSR count). The highest BCUT2D eigenvalue weighted by atomic mass is 35.5. The summed E-state index contributed by atoms with van der Waals surface area (Å²) in [6.45, 7) is 2.89. The maximum Gasteiger partial charge on any atom is 0.338 e. The third-order valence-electron chi connectivity index (χ3n) is 6.12. The van der Waals surface area contributed by atoms with Gasteiger partial charge in [-0.2, -0.15) is 0 Å². The van der Waals surface area contributed by atoms with Crippen LogP contribution in [0.1, 0.15) is 16.6 Å². The first-order valence-corrected chi connectivity index (χ1v) is 12.0. The number of nitrogens with one attached hydrogen (secondary N) is 2. The summed E-state index contributed by atoms with van der Waals surface area (Å²) in [6.07, 6.45) is 1.67. The van der Waals surface area contributed by atoms with E-state index in [4.69, 9.17) is 21.3 Å². The fourth-order valence-corrected chi connectivity index (χ4v) is 5.36. The molecule has 0 radical (unpaired) electrons. The molecule has 1 aromatic heterocycles. The summed E-state index contributed by atoms with van der Waals surface area (Å²) in [5.41, 5.74) is 1.41. The summed E-state index contributed by atoms with van der Waals surface area (Å²) < 4.78 is 18.9. The Hall–Kier alpha value is -3.02. The highest BCUT2D eigenvalue weighted by molar-refractivity contribution is 7.11. The second-order valence-corrected chi connectivity index (χ2v) is 9.46. The number of aliphatic imine (C=N–C) groups is 1. The lowest BCUT2D eigenvalue weighted by Crippen LogP contribution is -2.53. The Morgan fingerprint density at radius 3 is 2.97 bits per heavy atom. The maximum absolute atomic E-state index is 13.8. The van der Waals surface area contributed by atoms with Gasteiger partial charge in [0.2, 0.25) is 0 Å². The minimum absolute atomic E-state index is 0.0425. The van der Waals surface area contributed by atoms with Crippen LogP contribution in [-0.4, -0.2) is 78.5 Å². The molecule has 34 heavy (non-hydrogen) atoms. The lowest BCUT2D eigenvalue weighted by molar-refractivity contribution is -0.136. The van der Waals surface area contributed by atoms with Crippen molar-refractivity contribution >= 4 is 40.8 Å². The number of fused-ring (bicyclic) bond motifs is 1. The van der Waals surface area contributed by atoms with Crippen LogP contribution >= 0.6 is 22.9 Å². The topological polar surface area (TPSA) is 99.2 Å². The van der Waals surface area contributed by atoms with Crippen molar-refractivity contribution in [3.05, 3.63) is 62.5 Å². The predicted octanol–water partition coefficient (Wildman–Crippen LogP) is 2.16. The molecule has 2 fully saturated rings. The standard InChI is InChI=1S/C22H22ClFN6O3S/c1-33-21(31)17-16(11-29-5-6-30-13(10-29)9-26-22(30)32)27-19(20-25-4-7-34-20)28-18(17)14-3-2-12(24)8-15(14)23/h2-4,7-8,13,18H,5-6,9-11H2,1H3,(H,26,32)(H,27,28)/t13-,18-/m0/s1. The molecule has 0 bridgehead atoms. The van der Waals surface area contributed by atoms with Crippen LogP contribution in [0.2, 0.25) is 5.02 Å². The van der Waals surface area contributed by atoms with Gasteiger partial charge in [0, 0.05) is 60.6 Å². The Bertz CT molecular complexity index is 1190. The zero-order valence-corrected chi connectivity index (χ0v) is 19.8. The monoisotopic (exact) mass is 504 g/mol. The van der Waals surface area contributed by atoms with Crippen LogP contribution in [0.15, 0.2) is 46.0 Å². The van der Waals surface area contributed by atoms with Crippen molar-refractivity contribution in [1.29, 1.82) is 0 Å². The van der Waals surface area contributed by atoms with Gasteiger partial charge >= 0.3 is 12.0 Å². The smallest absolute Gasteiger partial charge is 0.338 e. The van der Waals surface area contributed by atoms with Crippen LogP contribution in [-0.2, 0) is 9.53 Å². The number of rotatable bonds is 5. The van der Waals surface area contributed by atoms with Crippen LogP contribution in [0.3, 0.4) is 0 Å². The Labute approximate surface area is 204 Å². The molecule has 178 valence electrons. The summed E-state index contributed by atoms with van der Waals surface area (Å²) in [6, 6.07) is 3.26. The zero-order chi connectivity index (χ0) is 23.8. The second-order valence-electron chi connectivity index (χ2n) is 8.16. The fourth-order valence-electron chi connectivity index (χ4n) is 4.50. The number of ether oxygens (including phenoxy) is 1. The number of thiazole rings is 1. The number of urea groups is 1. The van der Waals surface area contributed by atoms with Gasteiger partial charge in [0.15, 0.2) is 10.8 Å². The van der Waals surface area contributed by atoms with E-state index in [-0.39, 0.29) is 17.1 Å². The Morgan fingerprint density at radius 2 is 2.24 bits per heavy atom. The van der Waals surface area contributed by atoms with Gasteiger partial charge in [-0.1, -0.05) is 17.7 Å². The summed E-state index contributed by atoms with van der Waals surface area (Å²) in [5, 5.41) is 8.82. The SMILES string of the molecule is COC(=O)C1=C(CN2CCN3C(=O)NC[C@H]3C2)NC(c2nccs2)=N[C@H]1c1ccc(F)cc1Cl. The van der Waals surface area contributed by atoms with Gasteiger partial charge in [0.1, 0.15) is 11.9 Å². The molecule has 4 heterocycles. The number of piperazine rings is 1. The number of amides is 2. The molecular formula is C22H22ClFN6O3S. The molecule has 3 aliphatic heterocycles. The van der Waals surface area contributed by atoms with Crippen LogP contribution in [0.4, 0.5) is 9.18 Å². The molecule has 2 saturated heterocycles. The fraction of sp³-hybridized carbons (Fsp3) is 0.364. The maximum atomic E-state index is 13.8. The molecule has 2 aromatic rings. The number of aromatic nitrogens is 1. The molecule has 0 saturated carbocycles. The normalized spacial score (nSPS) is 22.7. The molecule has 0 spiro atoms. The minimum atomic E-state index is -0.799. The van der Waals surface area contributed by atoms with Gasteiger partial charge in [-0.15, -0.1) is 11.3 Å². The molecule has 2 amide bonds. The molecule has 9 nitrogen and oxygen atoms in total. The third-order valence-corrected chi connectivity index (χ3v) is 7.23. The first kappa shape index (κ1) is 22.8. The number of carbonyl (C=O) groups excluding carboxylic acids is 2. The van der Waals surface area contributed by atoms with Gasteiger partial charge in [-0.3, -0.25) is 9.89 Å². The summed E-state index contributed by atoms with van der Waals surface area (Å²) in [4.78, 5) is 38.1. The summed E-state index contributed by atoms with van der Waals surface area (Å²) in [7, 11) is 1.31. The van der Waals surface area contributed by atoms with Crippen molar-refractivity contribution < 1.29 is 18.7 Å². The van der Waals surface area contributed by atoms with Crippen molar-refractivity contribution in [1.82, 2.24) is 25.4 Å². The van der Waals surface area contributed by atoms with E-state index in [0.717, 1.165) is 0 Å². The molecule has 0 unspecified atom stereocenters. The number of hydrogen-bond acceptors (Lipinski definition) is 8. The van der Waals surface area contributed by atoms with Crippen LogP contribution in [0, 0.1) is 5.82 Å². The van der Waals surface area contributed by atoms with Gasteiger partial charge in [-0.05, 0) is 12.1 Å². The van der Waals surface area contributed by atoms with E-state index in [1.54, 1.807) is 6.20 Å². The van der Waals surface area contributed by atoms with Crippen molar-refractivity contribution in [2.75, 3.05) is 39.8 Å². The predicted molar refractivity (Wildman–Crippen MR) is 125 cm³/mol. The van der Waals surface area contributed by atoms with Gasteiger partial charge in [-0.25, -0.2) is 19.0 Å². The first-order valence-electron chi connectivity index (χ1n) is 10.7. The lowest BCUT2D eigenvalue weighted by atomic mass is 9.95. The number of nitrogens with zero attached hydrogens (tertiary/aromatic N) is 4. The van der Waals surface area contributed by atoms with Crippen LogP contribution < -0.4 is 10.6 Å². The molecule has 1 aromatic carbocycles. The Kier molecular flexibility index (Phi) is 6.24. The average molecular weight is 505 g/mol. The number of benzene rings is 1. The minimum Gasteiger partial charge on any atom is -0.466 e. The summed E-state index contributed by atoms with van der Waals surface area (Å²) >= 11 is 7.80. The Morgan fingerprint density at radius 1 is 1.38 bits per heavy atom. The van der Waals surface area contributed by atoms with E-state index >= 15 is 0 Å². The van der Waals surface area contributed by atoms with Gasteiger partial charge in [0.25, 0.3) is 0 Å². The van der Waals surface area contributed by atoms with E-state index in [2.05, 4.69) is 20.5 Å². The molecular weight excluding hydrogens is 483 g/mol. The van der Waals surface area contributed by atoms with E-state index < -0.39 is 17.8 Å². The molecule has 3 aliphatic rings. The molecule has 2 N–H and O–H groups in total. The van der Waals surface area contributed by atoms with Gasteiger partial charge < -0.3 is 20.3 Å². The Balaban J connectivity index is 1.54. The number of methoxy groups -OCH3 is 1. The van der Waals surface area contributed by atoms with E-state index in [1.807, 2.05) is 10.3 Å². The largest absolute Gasteiger partial charge is 0.466 e. The van der Waals surface area contributed by atoms with Crippen molar-refractivity contribution in [2.45, 2.75) is 12.1 Å². The highest BCUT2D eigenvalue weighted by Gasteiger charge is 2.38. The quantitative estimate of drug-likeness (QED) is 0.605. The van der Waals surface area contributed by atoms with Crippen LogP contribution in [0.5, 0.6) is 0 Å². The van der Waals surface area contributed by atoms with E-state index in [1.165, 1.54) is 36.6 Å². The zero-order valence-electron chi connectivity index (χ0n) is 18.3. The van der Waals surface area contributed by atoms with Crippen LogP contribution in [0.25, 0.3) is 0 Å². The molecule has 12 heteroatoms. The van der Waals surface area contributed by atoms with E-state index in [9.17, 15) is 14.0 Å². The first-order chi connectivity index (χ1) is 16.4. The molecule has 2 atom stereocenters. The molecule has 0 aliphatic carbocycles. The number of hydrogen-bond donors (Lipinski definition) is 2. The number of halogens is 2. The number of esters is 1. The number of amidine groups is 1. The average Bonchev–Trinajstić information content (AvgIpc) is 3.49. The third kappa shape index (κ3) is 4.26. The lowest BCUT2D eigenvalue weighted by Gasteiger charge is -2.38. The van der Waals surface area contributed by atoms with Crippen molar-refractivity contribution in [2.24, 2.45) is 4.99 Å². The summed E-state index contributed by atoms with van der Waals surface area (Å²) in [5.74, 6) is -0.529. The van der Waals surface area contributed by atoms with Crippen molar-refractivity contribution in [3.63, 3.8) is 0 Å². The highest BCUT2D eigenvalue weighted by Crippen LogP contribution is 2.37. The van der Waals surface area contributed by atoms with Crippen molar-refractivity contribution in [3.8, 4) is 0 Å². The number of carbonyl (C=O) groups is 2.